The Balaban J connectivity index is 1.88. The van der Waals surface area contributed by atoms with Gasteiger partial charge in [0.15, 0.2) is 0 Å². The number of hydrogen-bond donors (Lipinski definition) is 2. The van der Waals surface area contributed by atoms with E-state index >= 15 is 0 Å². The van der Waals surface area contributed by atoms with Crippen molar-refractivity contribution in [3.8, 4) is 0 Å². The number of aromatic nitrogens is 2. The van der Waals surface area contributed by atoms with Crippen LogP contribution in [0.3, 0.4) is 0 Å². The molecule has 0 saturated carbocycles. The number of amides is 1. The van der Waals surface area contributed by atoms with Gasteiger partial charge in [-0.15, -0.1) is 0 Å². The van der Waals surface area contributed by atoms with Gasteiger partial charge in [0.25, 0.3) is 0 Å². The molecule has 18 heavy (non-hydrogen) atoms. The molecule has 6 nitrogen and oxygen atoms in total. The lowest BCUT2D eigenvalue weighted by atomic mass is 9.95. The molecule has 1 aromatic rings. The number of carbonyl (C=O) groups excluding carboxylic acids is 1. The highest BCUT2D eigenvalue weighted by Crippen LogP contribution is 2.19. The van der Waals surface area contributed by atoms with Gasteiger partial charge in [-0.1, -0.05) is 0 Å². The molecule has 1 atom stereocenters. The first-order valence-electron chi connectivity index (χ1n) is 6.35. The second-order valence-electron chi connectivity index (χ2n) is 4.83. The Bertz CT molecular complexity index is 403. The van der Waals surface area contributed by atoms with Crippen molar-refractivity contribution in [1.82, 2.24) is 14.7 Å². The Morgan fingerprint density at radius 2 is 2.44 bits per heavy atom. The van der Waals surface area contributed by atoms with Crippen molar-refractivity contribution >= 4 is 11.6 Å². The van der Waals surface area contributed by atoms with E-state index in [1.54, 1.807) is 10.9 Å². The zero-order valence-electron chi connectivity index (χ0n) is 10.5. The van der Waals surface area contributed by atoms with E-state index in [9.17, 15) is 4.79 Å². The third-order valence-electron chi connectivity index (χ3n) is 3.36. The number of likely N-dealkylation sites (tertiary alicyclic amines) is 1. The van der Waals surface area contributed by atoms with Crippen LogP contribution in [0.1, 0.15) is 19.3 Å². The van der Waals surface area contributed by atoms with Gasteiger partial charge in [0, 0.05) is 25.9 Å². The maximum Gasteiger partial charge on any atom is 0.244 e. The fourth-order valence-corrected chi connectivity index (χ4v) is 2.41. The van der Waals surface area contributed by atoms with Crippen LogP contribution in [0.5, 0.6) is 0 Å². The average molecular weight is 252 g/mol. The molecular formula is C12H20N4O2. The number of aliphatic hydroxyl groups is 1. The van der Waals surface area contributed by atoms with Crippen LogP contribution in [0.2, 0.25) is 0 Å². The highest BCUT2D eigenvalue weighted by atomic mass is 16.3. The largest absolute Gasteiger partial charge is 0.396 e. The second kappa shape index (κ2) is 5.86. The molecule has 1 aliphatic heterocycles. The minimum absolute atomic E-state index is 0.0701. The van der Waals surface area contributed by atoms with E-state index in [2.05, 4.69) is 5.10 Å². The van der Waals surface area contributed by atoms with Crippen LogP contribution in [0, 0.1) is 5.92 Å². The molecule has 1 aliphatic rings. The molecule has 0 spiro atoms. The monoisotopic (exact) mass is 252 g/mol. The van der Waals surface area contributed by atoms with Gasteiger partial charge < -0.3 is 15.7 Å². The minimum Gasteiger partial charge on any atom is -0.396 e. The lowest BCUT2D eigenvalue weighted by Gasteiger charge is -2.32. The molecule has 1 saturated heterocycles. The fourth-order valence-electron chi connectivity index (χ4n) is 2.41. The van der Waals surface area contributed by atoms with Crippen molar-refractivity contribution in [1.29, 1.82) is 0 Å². The zero-order chi connectivity index (χ0) is 13.0. The summed E-state index contributed by atoms with van der Waals surface area (Å²) in [6, 6.07) is 0. The summed E-state index contributed by atoms with van der Waals surface area (Å²) in [5, 5.41) is 13.0. The fraction of sp³-hybridized carbons (Fsp3) is 0.667. The molecule has 3 N–H and O–H groups in total. The summed E-state index contributed by atoms with van der Waals surface area (Å²) in [4.78, 5) is 14.0. The van der Waals surface area contributed by atoms with Crippen molar-refractivity contribution in [2.24, 2.45) is 5.92 Å². The van der Waals surface area contributed by atoms with Crippen molar-refractivity contribution in [3.05, 3.63) is 12.4 Å². The number of carbonyl (C=O) groups is 1. The van der Waals surface area contributed by atoms with Gasteiger partial charge in [0.05, 0.1) is 11.9 Å². The lowest BCUT2D eigenvalue weighted by Crippen LogP contribution is -2.41. The maximum atomic E-state index is 12.1. The zero-order valence-corrected chi connectivity index (χ0v) is 10.5. The Morgan fingerprint density at radius 3 is 3.11 bits per heavy atom. The van der Waals surface area contributed by atoms with Crippen LogP contribution in [0.15, 0.2) is 12.4 Å². The first-order chi connectivity index (χ1) is 8.69. The van der Waals surface area contributed by atoms with E-state index < -0.39 is 0 Å². The van der Waals surface area contributed by atoms with Crippen LogP contribution in [-0.2, 0) is 11.3 Å². The van der Waals surface area contributed by atoms with E-state index in [0.717, 1.165) is 32.4 Å². The number of nitrogens with two attached hydrogens (primary N) is 1. The summed E-state index contributed by atoms with van der Waals surface area (Å²) in [5.41, 5.74) is 6.13. The topological polar surface area (TPSA) is 84.4 Å². The predicted molar refractivity (Wildman–Crippen MR) is 67.6 cm³/mol. The molecule has 0 radical (unpaired) electrons. The van der Waals surface area contributed by atoms with Crippen molar-refractivity contribution in [2.45, 2.75) is 25.8 Å². The summed E-state index contributed by atoms with van der Waals surface area (Å²) in [6.45, 7) is 1.99. The predicted octanol–water partition coefficient (Wildman–Crippen LogP) is 0.0863. The van der Waals surface area contributed by atoms with Gasteiger partial charge in [-0.25, -0.2) is 0 Å². The summed E-state index contributed by atoms with van der Waals surface area (Å²) in [6.07, 6.45) is 6.08. The molecule has 2 heterocycles. The van der Waals surface area contributed by atoms with Crippen molar-refractivity contribution in [2.75, 3.05) is 25.4 Å². The third kappa shape index (κ3) is 3.22. The summed E-state index contributed by atoms with van der Waals surface area (Å²) in [7, 11) is 0. The molecule has 1 unspecified atom stereocenters. The summed E-state index contributed by atoms with van der Waals surface area (Å²) >= 11 is 0. The van der Waals surface area contributed by atoms with E-state index in [0.29, 0.717) is 11.6 Å². The smallest absolute Gasteiger partial charge is 0.244 e. The molecule has 1 fully saturated rings. The number of aliphatic hydroxyl groups excluding tert-OH is 1. The van der Waals surface area contributed by atoms with E-state index in [1.807, 2.05) is 4.90 Å². The normalized spacial score (nSPS) is 20.1. The highest BCUT2D eigenvalue weighted by molar-refractivity contribution is 5.76. The first kappa shape index (κ1) is 12.9. The van der Waals surface area contributed by atoms with Crippen LogP contribution in [-0.4, -0.2) is 45.4 Å². The van der Waals surface area contributed by atoms with E-state index in [4.69, 9.17) is 10.8 Å². The SMILES string of the molecule is Nc1cnn(CC(=O)N2CCCC(CCO)C2)c1. The van der Waals surface area contributed by atoms with Gasteiger partial charge >= 0.3 is 0 Å². The van der Waals surface area contributed by atoms with E-state index in [-0.39, 0.29) is 19.1 Å². The first-order valence-corrected chi connectivity index (χ1v) is 6.35. The molecule has 1 amide bonds. The van der Waals surface area contributed by atoms with Gasteiger partial charge in [-0.05, 0) is 25.2 Å². The third-order valence-corrected chi connectivity index (χ3v) is 3.36. The molecule has 0 bridgehead atoms. The maximum absolute atomic E-state index is 12.1. The Morgan fingerprint density at radius 1 is 1.61 bits per heavy atom. The van der Waals surface area contributed by atoms with Crippen molar-refractivity contribution in [3.63, 3.8) is 0 Å². The summed E-state index contributed by atoms with van der Waals surface area (Å²) < 4.78 is 1.56. The quantitative estimate of drug-likeness (QED) is 0.795. The highest BCUT2D eigenvalue weighted by Gasteiger charge is 2.23. The summed E-state index contributed by atoms with van der Waals surface area (Å²) in [5.74, 6) is 0.496. The molecule has 1 aromatic heterocycles. The lowest BCUT2D eigenvalue weighted by molar-refractivity contribution is -0.134. The molecule has 0 aromatic carbocycles. The van der Waals surface area contributed by atoms with Gasteiger partial charge in [-0.3, -0.25) is 9.48 Å². The Kier molecular flexibility index (Phi) is 4.19. The standard InChI is InChI=1S/C12H20N4O2/c13-11-6-14-16(8-11)9-12(18)15-4-1-2-10(7-15)3-5-17/h6,8,10,17H,1-5,7,9,13H2. The number of hydrogen-bond acceptors (Lipinski definition) is 4. The van der Waals surface area contributed by atoms with Gasteiger partial charge in [0.2, 0.25) is 5.91 Å². The average Bonchev–Trinajstić information content (AvgIpc) is 2.75. The number of piperidine rings is 1. The van der Waals surface area contributed by atoms with Gasteiger partial charge in [-0.2, -0.15) is 5.10 Å². The molecule has 100 valence electrons. The molecule has 6 heteroatoms. The number of nitrogen functional groups attached to an aromatic ring is 1. The van der Waals surface area contributed by atoms with Crippen LogP contribution < -0.4 is 5.73 Å². The number of nitrogens with zero attached hydrogens (tertiary/aromatic N) is 3. The Labute approximate surface area is 106 Å². The number of anilines is 1. The van der Waals surface area contributed by atoms with Gasteiger partial charge in [0.1, 0.15) is 6.54 Å². The van der Waals surface area contributed by atoms with Crippen molar-refractivity contribution < 1.29 is 9.90 Å². The molecular weight excluding hydrogens is 232 g/mol. The van der Waals surface area contributed by atoms with Crippen LogP contribution in [0.25, 0.3) is 0 Å². The Hall–Kier alpha value is -1.56. The van der Waals surface area contributed by atoms with E-state index in [1.165, 1.54) is 6.20 Å². The number of rotatable bonds is 4. The minimum atomic E-state index is 0.0701. The second-order valence-corrected chi connectivity index (χ2v) is 4.83. The molecule has 0 aliphatic carbocycles. The molecule has 2 rings (SSSR count). The van der Waals surface area contributed by atoms with Crippen LogP contribution >= 0.6 is 0 Å². The van der Waals surface area contributed by atoms with Crippen LogP contribution in [0.4, 0.5) is 5.69 Å².